The Balaban J connectivity index is 1.68. The van der Waals surface area contributed by atoms with E-state index in [9.17, 15) is 13.6 Å². The molecule has 0 bridgehead atoms. The fourth-order valence-electron chi connectivity index (χ4n) is 3.62. The van der Waals surface area contributed by atoms with Gasteiger partial charge in [0.1, 0.15) is 5.82 Å². The van der Waals surface area contributed by atoms with E-state index in [1.165, 1.54) is 0 Å². The number of carbonyl (C=O) groups excluding carboxylic acids is 1. The molecule has 164 valence electrons. The van der Waals surface area contributed by atoms with Crippen molar-refractivity contribution in [1.82, 2.24) is 19.9 Å². The first-order valence-corrected chi connectivity index (χ1v) is 10.3. The largest absolute Gasteiger partial charge is 0.441 e. The number of fused-ring (bicyclic) bond motifs is 1. The lowest BCUT2D eigenvalue weighted by Crippen LogP contribution is -2.38. The van der Waals surface area contributed by atoms with E-state index in [-0.39, 0.29) is 19.0 Å². The zero-order valence-electron chi connectivity index (χ0n) is 17.2. The molecule has 0 spiro atoms. The summed E-state index contributed by atoms with van der Waals surface area (Å²) in [7, 11) is 0. The number of rotatable bonds is 6. The van der Waals surface area contributed by atoms with E-state index in [0.717, 1.165) is 32.4 Å². The lowest BCUT2D eigenvalue weighted by atomic mass is 10.1. The molecule has 3 aromatic heterocycles. The van der Waals surface area contributed by atoms with Crippen molar-refractivity contribution in [2.75, 3.05) is 30.3 Å². The van der Waals surface area contributed by atoms with Crippen LogP contribution in [-0.2, 0) is 0 Å². The van der Waals surface area contributed by atoms with Gasteiger partial charge in [-0.1, -0.05) is 0 Å². The number of aryl methyl sites for hydroxylation is 1. The number of urea groups is 1. The Hall–Kier alpha value is -3.30. The summed E-state index contributed by atoms with van der Waals surface area (Å²) in [6.07, 6.45) is 5.09. The molecule has 8 nitrogen and oxygen atoms in total. The predicted octanol–water partition coefficient (Wildman–Crippen LogP) is 4.68. The average molecular weight is 430 g/mol. The minimum atomic E-state index is -2.42. The number of halogens is 2. The Bertz CT molecular complexity index is 1070. The van der Waals surface area contributed by atoms with E-state index in [1.807, 2.05) is 0 Å². The predicted molar refractivity (Wildman–Crippen MR) is 113 cm³/mol. The number of oxazole rings is 1. The molecule has 1 aliphatic rings. The summed E-state index contributed by atoms with van der Waals surface area (Å²) in [6.45, 7) is 3.22. The Morgan fingerprint density at radius 2 is 1.97 bits per heavy atom. The summed E-state index contributed by atoms with van der Waals surface area (Å²) in [6, 6.07) is 1.50. The third kappa shape index (κ3) is 4.89. The number of amides is 2. The Kier molecular flexibility index (Phi) is 6.24. The van der Waals surface area contributed by atoms with Crippen molar-refractivity contribution in [3.8, 4) is 11.3 Å². The summed E-state index contributed by atoms with van der Waals surface area (Å²) in [4.78, 5) is 27.2. The molecule has 10 heteroatoms. The highest BCUT2D eigenvalue weighted by molar-refractivity contribution is 6.00. The van der Waals surface area contributed by atoms with Gasteiger partial charge in [-0.3, -0.25) is 10.3 Å². The minimum Gasteiger partial charge on any atom is -0.441 e. The highest BCUT2D eigenvalue weighted by atomic mass is 19.3. The molecule has 31 heavy (non-hydrogen) atoms. The van der Waals surface area contributed by atoms with Crippen molar-refractivity contribution in [3.05, 3.63) is 30.5 Å². The van der Waals surface area contributed by atoms with Gasteiger partial charge in [0.15, 0.2) is 11.7 Å². The first kappa shape index (κ1) is 21.0. The molecule has 3 aromatic rings. The molecule has 0 saturated carbocycles. The molecule has 0 radical (unpaired) electrons. The van der Waals surface area contributed by atoms with Crippen molar-refractivity contribution in [2.45, 2.75) is 39.0 Å². The number of likely N-dealkylation sites (tertiary alicyclic amines) is 1. The maximum absolute atomic E-state index is 12.7. The van der Waals surface area contributed by atoms with Crippen molar-refractivity contribution >= 4 is 28.4 Å². The van der Waals surface area contributed by atoms with E-state index in [1.54, 1.807) is 36.5 Å². The zero-order valence-corrected chi connectivity index (χ0v) is 17.2. The number of nitrogens with zero attached hydrogens (tertiary/aromatic N) is 4. The van der Waals surface area contributed by atoms with E-state index in [2.05, 4.69) is 25.6 Å². The summed E-state index contributed by atoms with van der Waals surface area (Å²) in [5.41, 5.74) is 1.75. The van der Waals surface area contributed by atoms with E-state index < -0.39 is 6.43 Å². The molecule has 0 aliphatic carbocycles. The second-order valence-corrected chi connectivity index (χ2v) is 7.46. The molecule has 1 aliphatic heterocycles. The quantitative estimate of drug-likeness (QED) is 0.590. The normalized spacial score (nSPS) is 14.3. The van der Waals surface area contributed by atoms with Crippen LogP contribution in [0.5, 0.6) is 0 Å². The zero-order chi connectivity index (χ0) is 21.8. The van der Waals surface area contributed by atoms with E-state index >= 15 is 0 Å². The third-order valence-corrected chi connectivity index (χ3v) is 5.18. The monoisotopic (exact) mass is 430 g/mol. The van der Waals surface area contributed by atoms with Crippen molar-refractivity contribution in [3.63, 3.8) is 0 Å². The van der Waals surface area contributed by atoms with Crippen LogP contribution in [0.15, 0.2) is 29.1 Å². The fraction of sp³-hybridized carbons (Fsp3) is 0.429. The van der Waals surface area contributed by atoms with Crippen LogP contribution < -0.4 is 10.6 Å². The summed E-state index contributed by atoms with van der Waals surface area (Å²) in [5, 5.41) is 6.56. The number of pyridine rings is 2. The maximum Gasteiger partial charge on any atom is 0.323 e. The molecule has 4 rings (SSSR count). The van der Waals surface area contributed by atoms with Crippen LogP contribution in [-0.4, -0.2) is 51.9 Å². The highest BCUT2D eigenvalue weighted by Crippen LogP contribution is 2.34. The summed E-state index contributed by atoms with van der Waals surface area (Å²) >= 11 is 0. The van der Waals surface area contributed by atoms with Crippen LogP contribution in [0.3, 0.4) is 0 Å². The van der Waals surface area contributed by atoms with Gasteiger partial charge >= 0.3 is 6.03 Å². The first-order valence-electron chi connectivity index (χ1n) is 10.3. The SMILES string of the molecule is Cc1ncc(-c2cnc3cnc(NC(=O)N4CCCCC4)cc3c2NCCC(F)F)o1. The molecule has 0 atom stereocenters. The van der Waals surface area contributed by atoms with Gasteiger partial charge in [-0.2, -0.15) is 0 Å². The number of alkyl halides is 2. The van der Waals surface area contributed by atoms with Crippen LogP contribution >= 0.6 is 0 Å². The molecule has 2 amide bonds. The molecule has 4 heterocycles. The Morgan fingerprint density at radius 1 is 1.16 bits per heavy atom. The van der Waals surface area contributed by atoms with Gasteiger partial charge in [-0.15, -0.1) is 0 Å². The van der Waals surface area contributed by atoms with Gasteiger partial charge in [0, 0.05) is 44.6 Å². The molecule has 0 unspecified atom stereocenters. The molecular formula is C21H24F2N6O2. The van der Waals surface area contributed by atoms with Crippen LogP contribution in [0.25, 0.3) is 22.2 Å². The number of nitrogens with one attached hydrogen (secondary N) is 2. The van der Waals surface area contributed by atoms with E-state index in [0.29, 0.717) is 39.6 Å². The van der Waals surface area contributed by atoms with Crippen molar-refractivity contribution < 1.29 is 18.0 Å². The van der Waals surface area contributed by atoms with E-state index in [4.69, 9.17) is 4.42 Å². The number of hydrogen-bond donors (Lipinski definition) is 2. The maximum atomic E-state index is 12.7. The van der Waals surface area contributed by atoms with Gasteiger partial charge < -0.3 is 14.6 Å². The number of anilines is 2. The smallest absolute Gasteiger partial charge is 0.323 e. The fourth-order valence-corrected chi connectivity index (χ4v) is 3.62. The standard InChI is InChI=1S/C21H24F2N6O2/c1-13-25-12-17(31-13)15-10-26-16-11-27-19(28-21(30)29-7-3-2-4-8-29)9-14(16)20(15)24-6-5-18(22)23/h9-12,18H,2-8H2,1H3,(H,24,26)(H,27,28,30). The molecular weight excluding hydrogens is 406 g/mol. The number of hydrogen-bond acceptors (Lipinski definition) is 6. The Morgan fingerprint density at radius 3 is 2.68 bits per heavy atom. The molecule has 1 saturated heterocycles. The van der Waals surface area contributed by atoms with Crippen molar-refractivity contribution in [2.24, 2.45) is 0 Å². The minimum absolute atomic E-state index is 0.0642. The first-order chi connectivity index (χ1) is 15.0. The second kappa shape index (κ2) is 9.23. The lowest BCUT2D eigenvalue weighted by molar-refractivity contribution is 0.142. The summed E-state index contributed by atoms with van der Waals surface area (Å²) < 4.78 is 31.1. The number of piperidine rings is 1. The van der Waals surface area contributed by atoms with Crippen LogP contribution in [0, 0.1) is 6.92 Å². The van der Waals surface area contributed by atoms with Crippen LogP contribution in [0.1, 0.15) is 31.6 Å². The van der Waals surface area contributed by atoms with Crippen LogP contribution in [0.4, 0.5) is 25.1 Å². The van der Waals surface area contributed by atoms with Gasteiger partial charge in [0.2, 0.25) is 6.43 Å². The van der Waals surface area contributed by atoms with Gasteiger partial charge in [-0.05, 0) is 25.3 Å². The number of carbonyl (C=O) groups is 1. The molecule has 2 N–H and O–H groups in total. The van der Waals surface area contributed by atoms with Crippen molar-refractivity contribution in [1.29, 1.82) is 0 Å². The second-order valence-electron chi connectivity index (χ2n) is 7.46. The third-order valence-electron chi connectivity index (χ3n) is 5.18. The van der Waals surface area contributed by atoms with Gasteiger partial charge in [0.25, 0.3) is 0 Å². The lowest BCUT2D eigenvalue weighted by Gasteiger charge is -2.26. The highest BCUT2D eigenvalue weighted by Gasteiger charge is 2.19. The average Bonchev–Trinajstić information content (AvgIpc) is 3.20. The topological polar surface area (TPSA) is 96.2 Å². The number of aromatic nitrogens is 3. The summed E-state index contributed by atoms with van der Waals surface area (Å²) in [5.74, 6) is 1.33. The Labute approximate surface area is 178 Å². The van der Waals surface area contributed by atoms with Gasteiger partial charge in [-0.25, -0.2) is 23.5 Å². The van der Waals surface area contributed by atoms with Gasteiger partial charge in [0.05, 0.1) is 29.2 Å². The molecule has 1 fully saturated rings. The molecule has 0 aromatic carbocycles. The van der Waals surface area contributed by atoms with Crippen LogP contribution in [0.2, 0.25) is 0 Å².